The number of aliphatic carboxylic acids is 1. The molecule has 4 N–H and O–H groups in total. The molecule has 3 amide bonds. The molecule has 0 spiro atoms. The van der Waals surface area contributed by atoms with Crippen LogP contribution in [0.2, 0.25) is 0 Å². The van der Waals surface area contributed by atoms with E-state index in [1.54, 1.807) is 18.7 Å². The van der Waals surface area contributed by atoms with Crippen LogP contribution in [-0.2, 0) is 9.59 Å². The molecule has 1 heterocycles. The smallest absolute Gasteiger partial charge is 0.318 e. The third-order valence-electron chi connectivity index (χ3n) is 3.70. The summed E-state index contributed by atoms with van der Waals surface area (Å²) in [6.07, 6.45) is 2.40. The van der Waals surface area contributed by atoms with Gasteiger partial charge in [0.15, 0.2) is 0 Å². The third kappa shape index (κ3) is 4.71. The van der Waals surface area contributed by atoms with Gasteiger partial charge in [0, 0.05) is 19.5 Å². The van der Waals surface area contributed by atoms with Crippen LogP contribution in [0, 0.1) is 5.92 Å². The summed E-state index contributed by atoms with van der Waals surface area (Å²) in [5, 5.41) is 11.3. The largest absolute Gasteiger partial charge is 0.481 e. The van der Waals surface area contributed by atoms with Gasteiger partial charge in [0.05, 0.1) is 0 Å². The second-order valence-electron chi connectivity index (χ2n) is 5.78. The maximum Gasteiger partial charge on any atom is 0.318 e. The van der Waals surface area contributed by atoms with Crippen molar-refractivity contribution in [2.45, 2.75) is 45.1 Å². The highest BCUT2D eigenvalue weighted by atomic mass is 16.4. The zero-order chi connectivity index (χ0) is 15.3. The van der Waals surface area contributed by atoms with Crippen LogP contribution < -0.4 is 11.1 Å². The Bertz CT molecular complexity index is 387. The fraction of sp³-hybridized carbons (Fsp3) is 0.769. The third-order valence-corrected chi connectivity index (χ3v) is 3.70. The summed E-state index contributed by atoms with van der Waals surface area (Å²) in [7, 11) is 0. The standard InChI is InChI=1S/C13H23N3O4/c1-13(2,11(14)19)15-12(20)16-7-5-9(6-8-16)3-4-10(17)18/h9H,3-8H2,1-2H3,(H2,14,19)(H,15,20)(H,17,18). The van der Waals surface area contributed by atoms with E-state index in [1.165, 1.54) is 0 Å². The normalized spacial score (nSPS) is 16.8. The first-order valence-corrected chi connectivity index (χ1v) is 6.81. The minimum atomic E-state index is -1.07. The Morgan fingerprint density at radius 2 is 1.85 bits per heavy atom. The highest BCUT2D eigenvalue weighted by molar-refractivity contribution is 5.89. The lowest BCUT2D eigenvalue weighted by molar-refractivity contribution is -0.137. The van der Waals surface area contributed by atoms with E-state index in [9.17, 15) is 14.4 Å². The topological polar surface area (TPSA) is 113 Å². The van der Waals surface area contributed by atoms with Crippen LogP contribution in [0.5, 0.6) is 0 Å². The summed E-state index contributed by atoms with van der Waals surface area (Å²) in [4.78, 5) is 35.3. The predicted octanol–water partition coefficient (Wildman–Crippen LogP) is 0.537. The number of carboxylic acids is 1. The monoisotopic (exact) mass is 285 g/mol. The quantitative estimate of drug-likeness (QED) is 0.684. The van der Waals surface area contributed by atoms with Gasteiger partial charge in [-0.05, 0) is 39.0 Å². The lowest BCUT2D eigenvalue weighted by atomic mass is 9.92. The van der Waals surface area contributed by atoms with Crippen LogP contribution in [-0.4, -0.2) is 46.5 Å². The highest BCUT2D eigenvalue weighted by Gasteiger charge is 2.30. The van der Waals surface area contributed by atoms with Gasteiger partial charge in [-0.15, -0.1) is 0 Å². The van der Waals surface area contributed by atoms with E-state index in [-0.39, 0.29) is 12.5 Å². The van der Waals surface area contributed by atoms with E-state index in [1.807, 2.05) is 0 Å². The van der Waals surface area contributed by atoms with Crippen LogP contribution in [0.4, 0.5) is 4.79 Å². The summed E-state index contributed by atoms with van der Waals surface area (Å²) in [5.74, 6) is -1.02. The molecule has 0 aromatic heterocycles. The van der Waals surface area contributed by atoms with Crippen LogP contribution >= 0.6 is 0 Å². The molecule has 1 saturated heterocycles. The fourth-order valence-electron chi connectivity index (χ4n) is 2.16. The maximum absolute atomic E-state index is 12.0. The minimum absolute atomic E-state index is 0.172. The zero-order valence-corrected chi connectivity index (χ0v) is 12.0. The number of urea groups is 1. The van der Waals surface area contributed by atoms with Crippen molar-refractivity contribution < 1.29 is 19.5 Å². The number of hydrogen-bond acceptors (Lipinski definition) is 3. The molecular formula is C13H23N3O4. The number of likely N-dealkylation sites (tertiary alicyclic amines) is 1. The maximum atomic E-state index is 12.0. The van der Waals surface area contributed by atoms with E-state index in [2.05, 4.69) is 5.32 Å². The Balaban J connectivity index is 2.39. The first-order chi connectivity index (χ1) is 9.22. The van der Waals surface area contributed by atoms with Gasteiger partial charge in [0.25, 0.3) is 0 Å². The van der Waals surface area contributed by atoms with Gasteiger partial charge in [-0.25, -0.2) is 4.79 Å². The van der Waals surface area contributed by atoms with Crippen molar-refractivity contribution in [1.29, 1.82) is 0 Å². The second-order valence-corrected chi connectivity index (χ2v) is 5.78. The highest BCUT2D eigenvalue weighted by Crippen LogP contribution is 2.22. The number of nitrogens with two attached hydrogens (primary N) is 1. The van der Waals surface area contributed by atoms with Crippen molar-refractivity contribution in [2.75, 3.05) is 13.1 Å². The molecule has 7 nitrogen and oxygen atoms in total. The molecule has 0 aromatic carbocycles. The Morgan fingerprint density at radius 1 is 1.30 bits per heavy atom. The first kappa shape index (κ1) is 16.3. The van der Waals surface area contributed by atoms with Crippen LogP contribution in [0.1, 0.15) is 39.5 Å². The molecule has 1 aliphatic heterocycles. The van der Waals surface area contributed by atoms with Gasteiger partial charge in [0.2, 0.25) is 5.91 Å². The number of carbonyl (C=O) groups excluding carboxylic acids is 2. The summed E-state index contributed by atoms with van der Waals surface area (Å²) in [6, 6.07) is -0.300. The summed E-state index contributed by atoms with van der Waals surface area (Å²) >= 11 is 0. The number of primary amides is 1. The Kier molecular flexibility index (Phi) is 5.35. The molecule has 0 saturated carbocycles. The number of hydrogen-bond donors (Lipinski definition) is 3. The molecule has 1 aliphatic rings. The molecular weight excluding hydrogens is 262 g/mol. The van der Waals surface area contributed by atoms with Gasteiger partial charge >= 0.3 is 12.0 Å². The van der Waals surface area contributed by atoms with E-state index < -0.39 is 17.4 Å². The van der Waals surface area contributed by atoms with Crippen molar-refractivity contribution >= 4 is 17.9 Å². The van der Waals surface area contributed by atoms with Gasteiger partial charge in [-0.2, -0.15) is 0 Å². The van der Waals surface area contributed by atoms with Crippen LogP contribution in [0.15, 0.2) is 0 Å². The van der Waals surface area contributed by atoms with E-state index >= 15 is 0 Å². The molecule has 114 valence electrons. The van der Waals surface area contributed by atoms with Crippen molar-refractivity contribution in [3.8, 4) is 0 Å². The second kappa shape index (κ2) is 6.58. The molecule has 1 fully saturated rings. The van der Waals surface area contributed by atoms with Gasteiger partial charge < -0.3 is 21.1 Å². The minimum Gasteiger partial charge on any atom is -0.481 e. The van der Waals surface area contributed by atoms with E-state index in [0.29, 0.717) is 25.4 Å². The molecule has 0 atom stereocenters. The van der Waals surface area contributed by atoms with Crippen molar-refractivity contribution in [3.63, 3.8) is 0 Å². The van der Waals surface area contributed by atoms with Crippen molar-refractivity contribution in [2.24, 2.45) is 11.7 Å². The number of nitrogens with zero attached hydrogens (tertiary/aromatic N) is 1. The fourth-order valence-corrected chi connectivity index (χ4v) is 2.16. The molecule has 7 heteroatoms. The lowest BCUT2D eigenvalue weighted by Crippen LogP contribution is -2.57. The summed E-state index contributed by atoms with van der Waals surface area (Å²) < 4.78 is 0. The van der Waals surface area contributed by atoms with Crippen LogP contribution in [0.3, 0.4) is 0 Å². The van der Waals surface area contributed by atoms with Crippen molar-refractivity contribution in [1.82, 2.24) is 10.2 Å². The predicted molar refractivity (Wildman–Crippen MR) is 73.0 cm³/mol. The Hall–Kier alpha value is -1.79. The van der Waals surface area contributed by atoms with Crippen molar-refractivity contribution in [3.05, 3.63) is 0 Å². The Morgan fingerprint density at radius 3 is 2.30 bits per heavy atom. The number of carbonyl (C=O) groups is 3. The number of piperidine rings is 1. The first-order valence-electron chi connectivity index (χ1n) is 6.81. The van der Waals surface area contributed by atoms with Crippen LogP contribution in [0.25, 0.3) is 0 Å². The van der Waals surface area contributed by atoms with Gasteiger partial charge in [-0.1, -0.05) is 0 Å². The Labute approximate surface area is 118 Å². The van der Waals surface area contributed by atoms with E-state index in [0.717, 1.165) is 12.8 Å². The summed E-state index contributed by atoms with van der Waals surface area (Å²) in [5.41, 5.74) is 4.14. The molecule has 20 heavy (non-hydrogen) atoms. The molecule has 0 bridgehead atoms. The molecule has 0 aliphatic carbocycles. The summed E-state index contributed by atoms with van der Waals surface area (Å²) in [6.45, 7) is 4.27. The molecule has 0 radical (unpaired) electrons. The molecule has 0 unspecified atom stereocenters. The zero-order valence-electron chi connectivity index (χ0n) is 12.0. The molecule has 0 aromatic rings. The number of amides is 3. The van der Waals surface area contributed by atoms with E-state index in [4.69, 9.17) is 10.8 Å². The SMILES string of the molecule is CC(C)(NC(=O)N1CCC(CCC(=O)O)CC1)C(N)=O. The average Bonchev–Trinajstić information content (AvgIpc) is 2.36. The number of nitrogens with one attached hydrogen (secondary N) is 1. The lowest BCUT2D eigenvalue weighted by Gasteiger charge is -2.34. The number of rotatable bonds is 5. The van der Waals surface area contributed by atoms with Gasteiger partial charge in [0.1, 0.15) is 5.54 Å². The van der Waals surface area contributed by atoms with Gasteiger partial charge in [-0.3, -0.25) is 9.59 Å². The average molecular weight is 285 g/mol. The molecule has 1 rings (SSSR count). The number of carboxylic acid groups (broad SMARTS) is 1.